The van der Waals surface area contributed by atoms with E-state index in [2.05, 4.69) is 5.32 Å². The summed E-state index contributed by atoms with van der Waals surface area (Å²) in [5.74, 6) is 0.303. The van der Waals surface area contributed by atoms with Crippen LogP contribution in [0.4, 0.5) is 0 Å². The molecule has 12 heavy (non-hydrogen) atoms. The molecule has 0 radical (unpaired) electrons. The van der Waals surface area contributed by atoms with Crippen LogP contribution < -0.4 is 11.1 Å². The highest BCUT2D eigenvalue weighted by atomic mass is 16.5. The van der Waals surface area contributed by atoms with Crippen molar-refractivity contribution in [2.75, 3.05) is 26.8 Å². The first-order valence-corrected chi connectivity index (χ1v) is 4.16. The zero-order valence-corrected chi connectivity index (χ0v) is 7.80. The molecule has 0 spiro atoms. The highest BCUT2D eigenvalue weighted by Crippen LogP contribution is 1.97. The van der Waals surface area contributed by atoms with Crippen molar-refractivity contribution >= 4 is 5.91 Å². The summed E-state index contributed by atoms with van der Waals surface area (Å²) in [5.41, 5.74) is 5.37. The molecule has 0 aliphatic rings. The summed E-state index contributed by atoms with van der Waals surface area (Å²) in [6, 6.07) is 0. The molecule has 0 rings (SSSR count). The number of nitrogens with one attached hydrogen (secondary N) is 1. The van der Waals surface area contributed by atoms with E-state index in [0.717, 1.165) is 0 Å². The number of ether oxygens (including phenoxy) is 1. The van der Waals surface area contributed by atoms with E-state index in [9.17, 15) is 4.79 Å². The fourth-order valence-electron chi connectivity index (χ4n) is 0.765. The standard InChI is InChI=1S/C8H18N2O2/c1-7(6-9)5-8(11)10-3-4-12-2/h7H,3-6,9H2,1-2H3,(H,10,11). The average molecular weight is 174 g/mol. The van der Waals surface area contributed by atoms with E-state index in [1.807, 2.05) is 6.92 Å². The molecule has 0 aromatic heterocycles. The third-order valence-corrected chi connectivity index (χ3v) is 1.56. The van der Waals surface area contributed by atoms with Gasteiger partial charge in [-0.05, 0) is 12.5 Å². The maximum absolute atomic E-state index is 11.1. The normalized spacial score (nSPS) is 12.6. The predicted molar refractivity (Wildman–Crippen MR) is 47.7 cm³/mol. The smallest absolute Gasteiger partial charge is 0.220 e. The Morgan fingerprint density at radius 2 is 2.33 bits per heavy atom. The minimum absolute atomic E-state index is 0.0463. The summed E-state index contributed by atoms with van der Waals surface area (Å²) in [6.07, 6.45) is 0.500. The molecule has 1 amide bonds. The van der Waals surface area contributed by atoms with Gasteiger partial charge in [0.2, 0.25) is 5.91 Å². The Kier molecular flexibility index (Phi) is 6.70. The first kappa shape index (κ1) is 11.4. The molecule has 0 aliphatic carbocycles. The first-order chi connectivity index (χ1) is 5.70. The molecular formula is C8H18N2O2. The molecule has 0 saturated carbocycles. The molecule has 4 heteroatoms. The van der Waals surface area contributed by atoms with Crippen molar-refractivity contribution in [1.82, 2.24) is 5.32 Å². The highest BCUT2D eigenvalue weighted by molar-refractivity contribution is 5.76. The van der Waals surface area contributed by atoms with Crippen LogP contribution in [0.25, 0.3) is 0 Å². The minimum atomic E-state index is 0.0463. The molecule has 0 aliphatic heterocycles. The van der Waals surface area contributed by atoms with E-state index >= 15 is 0 Å². The summed E-state index contributed by atoms with van der Waals surface area (Å²) in [7, 11) is 1.61. The SMILES string of the molecule is COCCNC(=O)CC(C)CN. The van der Waals surface area contributed by atoms with Crippen LogP contribution in [0.2, 0.25) is 0 Å². The summed E-state index contributed by atoms with van der Waals surface area (Å²) >= 11 is 0. The van der Waals surface area contributed by atoms with Gasteiger partial charge in [0.1, 0.15) is 0 Å². The summed E-state index contributed by atoms with van der Waals surface area (Å²) in [6.45, 7) is 3.64. The van der Waals surface area contributed by atoms with Gasteiger partial charge in [0, 0.05) is 20.1 Å². The van der Waals surface area contributed by atoms with Crippen molar-refractivity contribution in [2.24, 2.45) is 11.7 Å². The van der Waals surface area contributed by atoms with Crippen molar-refractivity contribution in [3.63, 3.8) is 0 Å². The number of carbonyl (C=O) groups is 1. The van der Waals surface area contributed by atoms with E-state index in [1.54, 1.807) is 7.11 Å². The maximum Gasteiger partial charge on any atom is 0.220 e. The Labute approximate surface area is 73.5 Å². The number of amides is 1. The van der Waals surface area contributed by atoms with Gasteiger partial charge in [-0.2, -0.15) is 0 Å². The van der Waals surface area contributed by atoms with Crippen LogP contribution in [0.5, 0.6) is 0 Å². The third-order valence-electron chi connectivity index (χ3n) is 1.56. The molecule has 1 unspecified atom stereocenters. The molecule has 0 aromatic rings. The van der Waals surface area contributed by atoms with Gasteiger partial charge in [-0.15, -0.1) is 0 Å². The molecule has 0 heterocycles. The van der Waals surface area contributed by atoms with Crippen LogP contribution in [0.15, 0.2) is 0 Å². The van der Waals surface area contributed by atoms with Crippen LogP contribution >= 0.6 is 0 Å². The van der Waals surface area contributed by atoms with Gasteiger partial charge < -0.3 is 15.8 Å². The van der Waals surface area contributed by atoms with E-state index in [-0.39, 0.29) is 11.8 Å². The lowest BCUT2D eigenvalue weighted by atomic mass is 10.1. The molecule has 0 bridgehead atoms. The monoisotopic (exact) mass is 174 g/mol. The van der Waals surface area contributed by atoms with Crippen molar-refractivity contribution in [2.45, 2.75) is 13.3 Å². The van der Waals surface area contributed by atoms with Crippen LogP contribution in [0.3, 0.4) is 0 Å². The predicted octanol–water partition coefficient (Wildman–Crippen LogP) is -0.266. The average Bonchev–Trinajstić information content (AvgIpc) is 2.05. The molecule has 4 nitrogen and oxygen atoms in total. The number of hydrogen-bond donors (Lipinski definition) is 2. The Bertz CT molecular complexity index is 128. The summed E-state index contributed by atoms with van der Waals surface area (Å²) in [5, 5.41) is 2.73. The van der Waals surface area contributed by atoms with Crippen molar-refractivity contribution in [3.8, 4) is 0 Å². The molecule has 72 valence electrons. The van der Waals surface area contributed by atoms with Gasteiger partial charge in [0.05, 0.1) is 6.61 Å². The zero-order chi connectivity index (χ0) is 9.40. The number of methoxy groups -OCH3 is 1. The van der Waals surface area contributed by atoms with Gasteiger partial charge >= 0.3 is 0 Å². The van der Waals surface area contributed by atoms with E-state index in [0.29, 0.717) is 26.1 Å². The van der Waals surface area contributed by atoms with Crippen LogP contribution in [0.1, 0.15) is 13.3 Å². The molecule has 1 atom stereocenters. The molecule has 0 fully saturated rings. The van der Waals surface area contributed by atoms with Gasteiger partial charge in [0.15, 0.2) is 0 Å². The van der Waals surface area contributed by atoms with E-state index in [1.165, 1.54) is 0 Å². The molecule has 3 N–H and O–H groups in total. The second-order valence-electron chi connectivity index (χ2n) is 2.89. The lowest BCUT2D eigenvalue weighted by Gasteiger charge is -2.08. The topological polar surface area (TPSA) is 64.3 Å². The van der Waals surface area contributed by atoms with E-state index < -0.39 is 0 Å². The maximum atomic E-state index is 11.1. The van der Waals surface area contributed by atoms with Crippen molar-refractivity contribution < 1.29 is 9.53 Å². The Hall–Kier alpha value is -0.610. The molecule has 0 aromatic carbocycles. The first-order valence-electron chi connectivity index (χ1n) is 4.16. The zero-order valence-electron chi connectivity index (χ0n) is 7.80. The molecule has 0 saturated heterocycles. The van der Waals surface area contributed by atoms with Gasteiger partial charge in [-0.3, -0.25) is 4.79 Å². The van der Waals surface area contributed by atoms with Crippen LogP contribution in [-0.4, -0.2) is 32.7 Å². The fourth-order valence-corrected chi connectivity index (χ4v) is 0.765. The lowest BCUT2D eigenvalue weighted by molar-refractivity contribution is -0.122. The number of nitrogens with two attached hydrogens (primary N) is 1. The third kappa shape index (κ3) is 6.12. The fraction of sp³-hybridized carbons (Fsp3) is 0.875. The summed E-state index contributed by atoms with van der Waals surface area (Å²) in [4.78, 5) is 11.1. The second kappa shape index (κ2) is 7.06. The van der Waals surface area contributed by atoms with E-state index in [4.69, 9.17) is 10.5 Å². The van der Waals surface area contributed by atoms with Gasteiger partial charge in [-0.25, -0.2) is 0 Å². The van der Waals surface area contributed by atoms with Crippen molar-refractivity contribution in [1.29, 1.82) is 0 Å². The largest absolute Gasteiger partial charge is 0.383 e. The van der Waals surface area contributed by atoms with Crippen LogP contribution in [0, 0.1) is 5.92 Å². The Morgan fingerprint density at radius 1 is 1.67 bits per heavy atom. The van der Waals surface area contributed by atoms with Gasteiger partial charge in [-0.1, -0.05) is 6.92 Å². The Balaban J connectivity index is 3.33. The number of carbonyl (C=O) groups excluding carboxylic acids is 1. The second-order valence-corrected chi connectivity index (χ2v) is 2.89. The molecular weight excluding hydrogens is 156 g/mol. The Morgan fingerprint density at radius 3 is 2.83 bits per heavy atom. The number of hydrogen-bond acceptors (Lipinski definition) is 3. The van der Waals surface area contributed by atoms with Gasteiger partial charge in [0.25, 0.3) is 0 Å². The lowest BCUT2D eigenvalue weighted by Crippen LogP contribution is -2.29. The highest BCUT2D eigenvalue weighted by Gasteiger charge is 2.05. The number of rotatable bonds is 6. The van der Waals surface area contributed by atoms with Crippen molar-refractivity contribution in [3.05, 3.63) is 0 Å². The summed E-state index contributed by atoms with van der Waals surface area (Å²) < 4.78 is 4.78. The van der Waals surface area contributed by atoms with Crippen LogP contribution in [-0.2, 0) is 9.53 Å². The minimum Gasteiger partial charge on any atom is -0.383 e. The quantitative estimate of drug-likeness (QED) is 0.545.